The predicted octanol–water partition coefficient (Wildman–Crippen LogP) is 2.50. The first-order valence-electron chi connectivity index (χ1n) is 8.47. The zero-order valence-electron chi connectivity index (χ0n) is 14.1. The number of anilines is 1. The molecule has 0 unspecified atom stereocenters. The van der Waals surface area contributed by atoms with Gasteiger partial charge in [0.1, 0.15) is 0 Å². The van der Waals surface area contributed by atoms with E-state index in [4.69, 9.17) is 0 Å². The number of rotatable bonds is 6. The second-order valence-electron chi connectivity index (χ2n) is 6.11. The molecule has 23 heavy (non-hydrogen) atoms. The van der Waals surface area contributed by atoms with Crippen molar-refractivity contribution >= 4 is 17.5 Å². The summed E-state index contributed by atoms with van der Waals surface area (Å²) in [7, 11) is 1.98. The van der Waals surface area contributed by atoms with Crippen LogP contribution in [-0.4, -0.2) is 43.4 Å². The third-order valence-corrected chi connectivity index (χ3v) is 4.42. The zero-order chi connectivity index (χ0) is 16.7. The normalized spacial score (nSPS) is 15.5. The highest BCUT2D eigenvalue weighted by atomic mass is 16.2. The van der Waals surface area contributed by atoms with Crippen LogP contribution in [0, 0.1) is 5.92 Å². The number of amides is 2. The van der Waals surface area contributed by atoms with Crippen LogP contribution in [0.2, 0.25) is 0 Å². The molecule has 0 aromatic heterocycles. The molecule has 126 valence electrons. The highest BCUT2D eigenvalue weighted by Gasteiger charge is 2.23. The maximum atomic E-state index is 12.6. The number of hydrogen-bond donors (Lipinski definition) is 2. The van der Waals surface area contributed by atoms with Crippen molar-refractivity contribution in [1.29, 1.82) is 0 Å². The minimum absolute atomic E-state index is 0.0417. The van der Waals surface area contributed by atoms with Crippen molar-refractivity contribution < 1.29 is 9.59 Å². The Morgan fingerprint density at radius 1 is 1.26 bits per heavy atom. The summed E-state index contributed by atoms with van der Waals surface area (Å²) in [5.41, 5.74) is 1.33. The number of carbonyl (C=O) groups is 2. The molecule has 1 saturated heterocycles. The fourth-order valence-corrected chi connectivity index (χ4v) is 2.94. The molecule has 5 heteroatoms. The molecule has 1 aromatic carbocycles. The number of likely N-dealkylation sites (tertiary alicyclic amines) is 1. The van der Waals surface area contributed by atoms with E-state index >= 15 is 0 Å². The quantitative estimate of drug-likeness (QED) is 0.847. The van der Waals surface area contributed by atoms with Gasteiger partial charge < -0.3 is 15.5 Å². The molecular weight excluding hydrogens is 290 g/mol. The van der Waals surface area contributed by atoms with Gasteiger partial charge in [-0.15, -0.1) is 0 Å². The van der Waals surface area contributed by atoms with Gasteiger partial charge in [0.2, 0.25) is 5.91 Å². The molecule has 1 aromatic rings. The average Bonchev–Trinajstić information content (AvgIpc) is 2.60. The van der Waals surface area contributed by atoms with Crippen molar-refractivity contribution in [3.05, 3.63) is 29.8 Å². The first-order chi connectivity index (χ1) is 11.1. The van der Waals surface area contributed by atoms with Gasteiger partial charge in [0.15, 0.2) is 0 Å². The lowest BCUT2D eigenvalue weighted by molar-refractivity contribution is -0.115. The Bertz CT molecular complexity index is 537. The van der Waals surface area contributed by atoms with Gasteiger partial charge in [0, 0.05) is 30.8 Å². The van der Waals surface area contributed by atoms with Crippen LogP contribution >= 0.6 is 0 Å². The zero-order valence-corrected chi connectivity index (χ0v) is 14.1. The van der Waals surface area contributed by atoms with Crippen LogP contribution in [0.1, 0.15) is 43.0 Å². The van der Waals surface area contributed by atoms with E-state index in [0.29, 0.717) is 23.6 Å². The van der Waals surface area contributed by atoms with E-state index in [-0.39, 0.29) is 11.8 Å². The molecule has 0 aliphatic carbocycles. The molecule has 1 fully saturated rings. The SMILES string of the molecule is CCC(=O)Nc1cccc(C(=O)N2CCC(CCNC)CC2)c1. The van der Waals surface area contributed by atoms with E-state index < -0.39 is 0 Å². The van der Waals surface area contributed by atoms with E-state index in [9.17, 15) is 9.59 Å². The van der Waals surface area contributed by atoms with Gasteiger partial charge in [-0.25, -0.2) is 0 Å². The first-order valence-corrected chi connectivity index (χ1v) is 8.47. The smallest absolute Gasteiger partial charge is 0.253 e. The van der Waals surface area contributed by atoms with Crippen LogP contribution in [0.4, 0.5) is 5.69 Å². The van der Waals surface area contributed by atoms with Crippen LogP contribution in [-0.2, 0) is 4.79 Å². The lowest BCUT2D eigenvalue weighted by atomic mass is 9.93. The fraction of sp³-hybridized carbons (Fsp3) is 0.556. The molecule has 5 nitrogen and oxygen atoms in total. The number of nitrogens with one attached hydrogen (secondary N) is 2. The summed E-state index contributed by atoms with van der Waals surface area (Å²) in [5, 5.41) is 5.99. The topological polar surface area (TPSA) is 61.4 Å². The Kier molecular flexibility index (Phi) is 6.59. The molecule has 0 spiro atoms. The van der Waals surface area contributed by atoms with Crippen molar-refractivity contribution in [2.75, 3.05) is 32.0 Å². The number of benzene rings is 1. The maximum absolute atomic E-state index is 12.6. The van der Waals surface area contributed by atoms with Gasteiger partial charge in [-0.1, -0.05) is 13.0 Å². The number of carbonyl (C=O) groups excluding carboxylic acids is 2. The monoisotopic (exact) mass is 317 g/mol. The molecule has 0 bridgehead atoms. The van der Waals surface area contributed by atoms with E-state index in [2.05, 4.69) is 10.6 Å². The predicted molar refractivity (Wildman–Crippen MR) is 92.5 cm³/mol. The third-order valence-electron chi connectivity index (χ3n) is 4.42. The molecule has 0 radical (unpaired) electrons. The standard InChI is InChI=1S/C18H27N3O2/c1-3-17(22)20-16-6-4-5-15(13-16)18(23)21-11-8-14(9-12-21)7-10-19-2/h4-6,13-14,19H,3,7-12H2,1-2H3,(H,20,22). The minimum atomic E-state index is -0.0417. The van der Waals surface area contributed by atoms with Gasteiger partial charge in [-0.2, -0.15) is 0 Å². The Balaban J connectivity index is 1.93. The summed E-state index contributed by atoms with van der Waals surface area (Å²) in [5.74, 6) is 0.728. The Hall–Kier alpha value is -1.88. The molecular formula is C18H27N3O2. The number of hydrogen-bond acceptors (Lipinski definition) is 3. The van der Waals surface area contributed by atoms with E-state index in [1.807, 2.05) is 37.1 Å². The second-order valence-corrected chi connectivity index (χ2v) is 6.11. The Morgan fingerprint density at radius 3 is 2.65 bits per heavy atom. The molecule has 2 amide bonds. The van der Waals surface area contributed by atoms with Gasteiger partial charge in [0.25, 0.3) is 5.91 Å². The fourth-order valence-electron chi connectivity index (χ4n) is 2.94. The summed E-state index contributed by atoms with van der Waals surface area (Å²) in [6.07, 6.45) is 3.74. The average molecular weight is 317 g/mol. The van der Waals surface area contributed by atoms with Crippen LogP contribution in [0.15, 0.2) is 24.3 Å². The summed E-state index contributed by atoms with van der Waals surface area (Å²) in [6, 6.07) is 7.21. The number of nitrogens with zero attached hydrogens (tertiary/aromatic N) is 1. The van der Waals surface area contributed by atoms with Crippen LogP contribution in [0.25, 0.3) is 0 Å². The number of piperidine rings is 1. The lowest BCUT2D eigenvalue weighted by Gasteiger charge is -2.32. The van der Waals surface area contributed by atoms with Crippen molar-refractivity contribution in [1.82, 2.24) is 10.2 Å². The van der Waals surface area contributed by atoms with Crippen LogP contribution in [0.3, 0.4) is 0 Å². The summed E-state index contributed by atoms with van der Waals surface area (Å²) >= 11 is 0. The summed E-state index contributed by atoms with van der Waals surface area (Å²) in [6.45, 7) is 4.48. The Morgan fingerprint density at radius 2 is 2.00 bits per heavy atom. The van der Waals surface area contributed by atoms with Crippen LogP contribution in [0.5, 0.6) is 0 Å². The molecule has 0 saturated carbocycles. The largest absolute Gasteiger partial charge is 0.339 e. The molecule has 1 heterocycles. The summed E-state index contributed by atoms with van der Waals surface area (Å²) < 4.78 is 0. The maximum Gasteiger partial charge on any atom is 0.253 e. The molecule has 1 aliphatic rings. The van der Waals surface area contributed by atoms with E-state index in [0.717, 1.165) is 32.5 Å². The second kappa shape index (κ2) is 8.67. The van der Waals surface area contributed by atoms with Gasteiger partial charge >= 0.3 is 0 Å². The minimum Gasteiger partial charge on any atom is -0.339 e. The van der Waals surface area contributed by atoms with Gasteiger partial charge in [0.05, 0.1) is 0 Å². The van der Waals surface area contributed by atoms with Crippen molar-refractivity contribution in [2.45, 2.75) is 32.6 Å². The molecule has 0 atom stereocenters. The van der Waals surface area contributed by atoms with Gasteiger partial charge in [-0.05, 0) is 57.0 Å². The Labute approximate surface area is 138 Å². The summed E-state index contributed by atoms with van der Waals surface area (Å²) in [4.78, 5) is 26.0. The lowest BCUT2D eigenvalue weighted by Crippen LogP contribution is -2.39. The molecule has 2 N–H and O–H groups in total. The van der Waals surface area contributed by atoms with E-state index in [1.54, 1.807) is 6.07 Å². The van der Waals surface area contributed by atoms with Crippen LogP contribution < -0.4 is 10.6 Å². The first kappa shape index (κ1) is 17.5. The highest BCUT2D eigenvalue weighted by molar-refractivity contribution is 5.97. The van der Waals surface area contributed by atoms with Crippen molar-refractivity contribution in [3.63, 3.8) is 0 Å². The van der Waals surface area contributed by atoms with Gasteiger partial charge in [-0.3, -0.25) is 9.59 Å². The van der Waals surface area contributed by atoms with E-state index in [1.165, 1.54) is 6.42 Å². The van der Waals surface area contributed by atoms with Crippen molar-refractivity contribution in [3.8, 4) is 0 Å². The molecule has 2 rings (SSSR count). The highest BCUT2D eigenvalue weighted by Crippen LogP contribution is 2.22. The molecule has 1 aliphatic heterocycles. The van der Waals surface area contributed by atoms with Crippen molar-refractivity contribution in [2.24, 2.45) is 5.92 Å². The third kappa shape index (κ3) is 5.06.